The minimum atomic E-state index is -0.0482. The molecule has 1 N–H and O–H groups in total. The van der Waals surface area contributed by atoms with Crippen molar-refractivity contribution in [1.29, 1.82) is 0 Å². The number of urea groups is 1. The lowest BCUT2D eigenvalue weighted by Crippen LogP contribution is -2.37. The molecule has 1 aliphatic rings. The molecular formula is C17H22N4O2. The number of likely N-dealkylation sites (N-methyl/N-ethyl adjacent to an activating group) is 1. The maximum absolute atomic E-state index is 12.5. The van der Waals surface area contributed by atoms with Crippen molar-refractivity contribution in [3.8, 4) is 11.5 Å². The molecule has 3 rings (SSSR count). The number of aryl methyl sites for hydroxylation is 1. The smallest absolute Gasteiger partial charge is 0.321 e. The molecule has 122 valence electrons. The summed E-state index contributed by atoms with van der Waals surface area (Å²) in [5, 5.41) is 3.02. The van der Waals surface area contributed by atoms with Gasteiger partial charge in [-0.1, -0.05) is 6.07 Å². The highest BCUT2D eigenvalue weighted by molar-refractivity contribution is 5.91. The molecule has 0 saturated carbocycles. The standard InChI is InChI=1S/C17H22N4O2/c1-13-4-5-14(16-18-6-11-23-16)12-15(13)19-17(22)21-8-3-7-20(2)9-10-21/h4-6,11-12H,3,7-10H2,1-2H3,(H,19,22). The quantitative estimate of drug-likeness (QED) is 0.926. The van der Waals surface area contributed by atoms with E-state index in [1.165, 1.54) is 0 Å². The summed E-state index contributed by atoms with van der Waals surface area (Å²) < 4.78 is 5.32. The number of nitrogens with one attached hydrogen (secondary N) is 1. The van der Waals surface area contributed by atoms with Crippen LogP contribution in [0.25, 0.3) is 11.5 Å². The van der Waals surface area contributed by atoms with Crippen LogP contribution in [0.2, 0.25) is 0 Å². The number of benzene rings is 1. The highest BCUT2D eigenvalue weighted by Gasteiger charge is 2.18. The van der Waals surface area contributed by atoms with Gasteiger partial charge in [-0.15, -0.1) is 0 Å². The second-order valence-electron chi connectivity index (χ2n) is 5.94. The average molecular weight is 314 g/mol. The fourth-order valence-electron chi connectivity index (χ4n) is 2.70. The zero-order chi connectivity index (χ0) is 16.2. The summed E-state index contributed by atoms with van der Waals surface area (Å²) in [7, 11) is 2.09. The molecule has 0 atom stereocenters. The Labute approximate surface area is 136 Å². The van der Waals surface area contributed by atoms with Crippen LogP contribution < -0.4 is 5.32 Å². The number of hydrogen-bond donors (Lipinski definition) is 1. The first-order valence-electron chi connectivity index (χ1n) is 7.88. The minimum Gasteiger partial charge on any atom is -0.445 e. The Balaban J connectivity index is 1.74. The summed E-state index contributed by atoms with van der Waals surface area (Å²) in [6, 6.07) is 5.76. The zero-order valence-corrected chi connectivity index (χ0v) is 13.6. The Morgan fingerprint density at radius 2 is 2.13 bits per heavy atom. The van der Waals surface area contributed by atoms with Crippen LogP contribution in [0.3, 0.4) is 0 Å². The van der Waals surface area contributed by atoms with Gasteiger partial charge in [-0.25, -0.2) is 9.78 Å². The van der Waals surface area contributed by atoms with E-state index in [4.69, 9.17) is 4.42 Å². The summed E-state index contributed by atoms with van der Waals surface area (Å²) in [4.78, 5) is 20.8. The molecule has 0 unspecified atom stereocenters. The van der Waals surface area contributed by atoms with Gasteiger partial charge in [0.2, 0.25) is 5.89 Å². The van der Waals surface area contributed by atoms with Crippen LogP contribution in [0.15, 0.2) is 35.1 Å². The van der Waals surface area contributed by atoms with Gasteiger partial charge in [0.05, 0.1) is 6.20 Å². The fourth-order valence-corrected chi connectivity index (χ4v) is 2.70. The predicted molar refractivity (Wildman–Crippen MR) is 89.4 cm³/mol. The number of anilines is 1. The monoisotopic (exact) mass is 314 g/mol. The first-order chi connectivity index (χ1) is 11.1. The largest absolute Gasteiger partial charge is 0.445 e. The Hall–Kier alpha value is -2.34. The minimum absolute atomic E-state index is 0.0482. The molecule has 1 aliphatic heterocycles. The van der Waals surface area contributed by atoms with Gasteiger partial charge in [0.25, 0.3) is 0 Å². The summed E-state index contributed by atoms with van der Waals surface area (Å²) >= 11 is 0. The van der Waals surface area contributed by atoms with Crippen molar-refractivity contribution >= 4 is 11.7 Å². The molecule has 1 aromatic heterocycles. The number of amides is 2. The third kappa shape index (κ3) is 3.71. The Morgan fingerprint density at radius 3 is 2.91 bits per heavy atom. The van der Waals surface area contributed by atoms with Crippen LogP contribution in [0.5, 0.6) is 0 Å². The molecule has 1 aromatic carbocycles. The normalized spacial score (nSPS) is 16.2. The van der Waals surface area contributed by atoms with E-state index in [0.29, 0.717) is 5.89 Å². The van der Waals surface area contributed by atoms with Crippen molar-refractivity contribution in [3.63, 3.8) is 0 Å². The first-order valence-corrected chi connectivity index (χ1v) is 7.88. The number of nitrogens with zero attached hydrogens (tertiary/aromatic N) is 3. The van der Waals surface area contributed by atoms with Gasteiger partial charge < -0.3 is 19.5 Å². The molecule has 2 aromatic rings. The van der Waals surface area contributed by atoms with Crippen LogP contribution in [0, 0.1) is 6.92 Å². The second kappa shape index (κ2) is 6.83. The van der Waals surface area contributed by atoms with Crippen molar-refractivity contribution in [2.24, 2.45) is 0 Å². The van der Waals surface area contributed by atoms with Crippen LogP contribution in [0.4, 0.5) is 10.5 Å². The number of carbonyl (C=O) groups is 1. The second-order valence-corrected chi connectivity index (χ2v) is 5.94. The van der Waals surface area contributed by atoms with Crippen molar-refractivity contribution in [2.45, 2.75) is 13.3 Å². The Kier molecular flexibility index (Phi) is 4.62. The van der Waals surface area contributed by atoms with Gasteiger partial charge in [-0.3, -0.25) is 0 Å². The molecule has 1 fully saturated rings. The summed E-state index contributed by atoms with van der Waals surface area (Å²) in [5.74, 6) is 0.553. The van der Waals surface area contributed by atoms with Gasteiger partial charge in [-0.2, -0.15) is 0 Å². The number of rotatable bonds is 2. The van der Waals surface area contributed by atoms with E-state index in [-0.39, 0.29) is 6.03 Å². The number of hydrogen-bond acceptors (Lipinski definition) is 4. The summed E-state index contributed by atoms with van der Waals surface area (Å²) in [6.07, 6.45) is 4.15. The highest BCUT2D eigenvalue weighted by Crippen LogP contribution is 2.24. The third-order valence-electron chi connectivity index (χ3n) is 4.17. The number of carbonyl (C=O) groups excluding carboxylic acids is 1. The topological polar surface area (TPSA) is 61.6 Å². The summed E-state index contributed by atoms with van der Waals surface area (Å²) in [5.41, 5.74) is 2.66. The highest BCUT2D eigenvalue weighted by atomic mass is 16.3. The van der Waals surface area contributed by atoms with Gasteiger partial charge in [0.15, 0.2) is 0 Å². The van der Waals surface area contributed by atoms with E-state index in [2.05, 4.69) is 22.2 Å². The molecule has 0 spiro atoms. The van der Waals surface area contributed by atoms with E-state index in [9.17, 15) is 4.79 Å². The predicted octanol–water partition coefficient (Wildman–Crippen LogP) is 2.82. The van der Waals surface area contributed by atoms with Gasteiger partial charge in [0, 0.05) is 30.9 Å². The number of oxazole rings is 1. The third-order valence-corrected chi connectivity index (χ3v) is 4.17. The maximum Gasteiger partial charge on any atom is 0.321 e. The number of aromatic nitrogens is 1. The first kappa shape index (κ1) is 15.6. The molecule has 2 amide bonds. The lowest BCUT2D eigenvalue weighted by atomic mass is 10.1. The van der Waals surface area contributed by atoms with E-state index < -0.39 is 0 Å². The Morgan fingerprint density at radius 1 is 1.26 bits per heavy atom. The lowest BCUT2D eigenvalue weighted by Gasteiger charge is -2.21. The van der Waals surface area contributed by atoms with E-state index in [0.717, 1.165) is 49.4 Å². The van der Waals surface area contributed by atoms with Crippen LogP contribution in [-0.2, 0) is 0 Å². The van der Waals surface area contributed by atoms with Crippen LogP contribution in [-0.4, -0.2) is 54.0 Å². The average Bonchev–Trinajstić information content (AvgIpc) is 2.98. The fraction of sp³-hybridized carbons (Fsp3) is 0.412. The zero-order valence-electron chi connectivity index (χ0n) is 13.6. The lowest BCUT2D eigenvalue weighted by molar-refractivity contribution is 0.213. The summed E-state index contributed by atoms with van der Waals surface area (Å²) in [6.45, 7) is 5.45. The SMILES string of the molecule is Cc1ccc(-c2ncco2)cc1NC(=O)N1CCCN(C)CC1. The van der Waals surface area contributed by atoms with Crippen molar-refractivity contribution < 1.29 is 9.21 Å². The molecule has 23 heavy (non-hydrogen) atoms. The van der Waals surface area contributed by atoms with E-state index in [1.54, 1.807) is 12.5 Å². The van der Waals surface area contributed by atoms with E-state index >= 15 is 0 Å². The van der Waals surface area contributed by atoms with Crippen molar-refractivity contribution in [2.75, 3.05) is 38.5 Å². The van der Waals surface area contributed by atoms with Crippen molar-refractivity contribution in [3.05, 3.63) is 36.2 Å². The van der Waals surface area contributed by atoms with E-state index in [1.807, 2.05) is 30.0 Å². The molecule has 2 heterocycles. The van der Waals surface area contributed by atoms with Gasteiger partial charge in [-0.05, 0) is 44.6 Å². The molecule has 6 heteroatoms. The van der Waals surface area contributed by atoms with Gasteiger partial charge >= 0.3 is 6.03 Å². The Bertz CT molecular complexity index is 669. The van der Waals surface area contributed by atoms with Crippen LogP contribution >= 0.6 is 0 Å². The molecular weight excluding hydrogens is 292 g/mol. The van der Waals surface area contributed by atoms with Gasteiger partial charge in [0.1, 0.15) is 6.26 Å². The molecule has 6 nitrogen and oxygen atoms in total. The molecule has 0 aliphatic carbocycles. The molecule has 0 bridgehead atoms. The molecule has 0 radical (unpaired) electrons. The van der Waals surface area contributed by atoms with Crippen LogP contribution in [0.1, 0.15) is 12.0 Å². The maximum atomic E-state index is 12.5. The molecule has 1 saturated heterocycles. The van der Waals surface area contributed by atoms with Crippen molar-refractivity contribution in [1.82, 2.24) is 14.8 Å².